The van der Waals surface area contributed by atoms with Crippen molar-refractivity contribution >= 4 is 40.5 Å². The molecule has 2 amide bonds. The molecule has 2 aliphatic rings. The van der Waals surface area contributed by atoms with E-state index < -0.39 is 6.04 Å². The molecule has 45 heavy (non-hydrogen) atoms. The van der Waals surface area contributed by atoms with Crippen molar-refractivity contribution in [2.45, 2.75) is 51.5 Å². The number of hydrogen-bond donors (Lipinski definition) is 1. The van der Waals surface area contributed by atoms with E-state index in [9.17, 15) is 9.59 Å². The van der Waals surface area contributed by atoms with Crippen LogP contribution in [0.25, 0.3) is 0 Å². The highest BCUT2D eigenvalue weighted by Crippen LogP contribution is 2.30. The third-order valence-corrected chi connectivity index (χ3v) is 9.00. The molecule has 9 heteroatoms. The lowest BCUT2D eigenvalue weighted by atomic mass is 9.90. The van der Waals surface area contributed by atoms with Crippen LogP contribution in [0.1, 0.15) is 44.6 Å². The molecule has 0 aliphatic carbocycles. The number of methoxy groups -OCH3 is 1. The van der Waals surface area contributed by atoms with Gasteiger partial charge in [-0.05, 0) is 124 Å². The highest BCUT2D eigenvalue weighted by atomic mass is 32.1. The Labute approximate surface area is 272 Å². The van der Waals surface area contributed by atoms with Gasteiger partial charge in [0.25, 0.3) is 5.91 Å². The molecule has 2 saturated heterocycles. The molecule has 3 aromatic carbocycles. The first-order valence-corrected chi connectivity index (χ1v) is 16.4. The van der Waals surface area contributed by atoms with Crippen LogP contribution < -0.4 is 19.7 Å². The van der Waals surface area contributed by atoms with Gasteiger partial charge in [-0.2, -0.15) is 0 Å². The number of rotatable bonds is 14. The minimum absolute atomic E-state index is 0.00456. The third-order valence-electron chi connectivity index (χ3n) is 8.59. The van der Waals surface area contributed by atoms with E-state index in [0.717, 1.165) is 44.6 Å². The minimum atomic E-state index is -0.677. The molecular weight excluding hydrogens is 584 g/mol. The summed E-state index contributed by atoms with van der Waals surface area (Å²) in [6.45, 7) is 6.38. The number of nitrogens with zero attached hydrogens (tertiary/aromatic N) is 3. The first-order valence-electron chi connectivity index (χ1n) is 16.0. The van der Waals surface area contributed by atoms with E-state index in [1.54, 1.807) is 12.0 Å². The van der Waals surface area contributed by atoms with Crippen LogP contribution in [0.15, 0.2) is 78.9 Å². The smallest absolute Gasteiger partial charge is 0.256 e. The number of benzene rings is 3. The van der Waals surface area contributed by atoms with Crippen molar-refractivity contribution < 1.29 is 19.1 Å². The number of nitrogens with one attached hydrogen (secondary N) is 1. The van der Waals surface area contributed by atoms with Gasteiger partial charge in [0, 0.05) is 12.2 Å². The summed E-state index contributed by atoms with van der Waals surface area (Å²) >= 11 is 5.88. The molecule has 8 nitrogen and oxygen atoms in total. The summed E-state index contributed by atoms with van der Waals surface area (Å²) in [4.78, 5) is 33.1. The van der Waals surface area contributed by atoms with Crippen LogP contribution in [0.3, 0.4) is 0 Å². The Hall–Kier alpha value is -3.95. The zero-order valence-electron chi connectivity index (χ0n) is 26.3. The number of thiocarbonyl (C=S) groups is 1. The van der Waals surface area contributed by atoms with Crippen LogP contribution in [0, 0.1) is 5.92 Å². The first-order chi connectivity index (χ1) is 21.9. The van der Waals surface area contributed by atoms with Crippen LogP contribution in [0.2, 0.25) is 0 Å². The Morgan fingerprint density at radius 1 is 0.933 bits per heavy atom. The number of likely N-dealkylation sites (tertiary alicyclic amines) is 1. The molecule has 3 aromatic rings. The number of amides is 2. The maximum atomic E-state index is 13.8. The van der Waals surface area contributed by atoms with Crippen molar-refractivity contribution in [3.05, 3.63) is 84.4 Å². The lowest BCUT2D eigenvalue weighted by Gasteiger charge is -2.33. The SMILES string of the molecule is CCCOc1ccc(NC(=O)CC2C(=O)N(c3ccc(OC)cc3)C(=S)N2CCCN2CCC(Cc3ccccc3)CC2)cc1. The molecule has 1 unspecified atom stereocenters. The van der Waals surface area contributed by atoms with E-state index in [2.05, 4.69) is 47.5 Å². The molecule has 1 N–H and O–H groups in total. The topological polar surface area (TPSA) is 74.3 Å². The van der Waals surface area contributed by atoms with E-state index in [1.807, 2.05) is 53.4 Å². The highest BCUT2D eigenvalue weighted by molar-refractivity contribution is 7.80. The Balaban J connectivity index is 1.20. The van der Waals surface area contributed by atoms with Crippen LogP contribution in [-0.4, -0.2) is 72.7 Å². The lowest BCUT2D eigenvalue weighted by Crippen LogP contribution is -2.40. The van der Waals surface area contributed by atoms with Gasteiger partial charge in [-0.25, -0.2) is 0 Å². The summed E-state index contributed by atoms with van der Waals surface area (Å²) < 4.78 is 10.9. The third kappa shape index (κ3) is 8.61. The van der Waals surface area contributed by atoms with Crippen molar-refractivity contribution in [1.82, 2.24) is 9.80 Å². The zero-order chi connectivity index (χ0) is 31.6. The number of carbonyl (C=O) groups is 2. The second-order valence-electron chi connectivity index (χ2n) is 11.8. The number of hydrogen-bond acceptors (Lipinski definition) is 6. The first kappa shape index (κ1) is 32.4. The van der Waals surface area contributed by atoms with Gasteiger partial charge >= 0.3 is 0 Å². The maximum absolute atomic E-state index is 13.8. The van der Waals surface area contributed by atoms with Gasteiger partial charge in [-0.1, -0.05) is 37.3 Å². The fourth-order valence-electron chi connectivity index (χ4n) is 6.12. The predicted octanol–water partition coefficient (Wildman–Crippen LogP) is 6.16. The molecule has 0 spiro atoms. The van der Waals surface area contributed by atoms with E-state index in [1.165, 1.54) is 18.4 Å². The van der Waals surface area contributed by atoms with Gasteiger partial charge in [-0.15, -0.1) is 0 Å². The van der Waals surface area contributed by atoms with Gasteiger partial charge in [-0.3, -0.25) is 14.5 Å². The van der Waals surface area contributed by atoms with Crippen molar-refractivity contribution in [1.29, 1.82) is 0 Å². The second-order valence-corrected chi connectivity index (χ2v) is 12.2. The molecule has 0 bridgehead atoms. The highest BCUT2D eigenvalue weighted by Gasteiger charge is 2.44. The van der Waals surface area contributed by atoms with E-state index in [0.29, 0.717) is 41.3 Å². The van der Waals surface area contributed by atoms with Gasteiger partial charge in [0.15, 0.2) is 5.11 Å². The summed E-state index contributed by atoms with van der Waals surface area (Å²) in [5.74, 6) is 1.75. The van der Waals surface area contributed by atoms with Crippen molar-refractivity contribution in [2.24, 2.45) is 5.92 Å². The van der Waals surface area contributed by atoms with Crippen LogP contribution in [-0.2, 0) is 16.0 Å². The maximum Gasteiger partial charge on any atom is 0.256 e. The molecule has 0 radical (unpaired) electrons. The number of anilines is 2. The van der Waals surface area contributed by atoms with Gasteiger partial charge in [0.2, 0.25) is 5.91 Å². The zero-order valence-corrected chi connectivity index (χ0v) is 27.1. The van der Waals surface area contributed by atoms with Crippen LogP contribution in [0.4, 0.5) is 11.4 Å². The van der Waals surface area contributed by atoms with E-state index >= 15 is 0 Å². The van der Waals surface area contributed by atoms with Gasteiger partial charge in [0.05, 0.1) is 25.8 Å². The quantitative estimate of drug-likeness (QED) is 0.215. The predicted molar refractivity (Wildman–Crippen MR) is 183 cm³/mol. The number of ether oxygens (including phenoxy) is 2. The Morgan fingerprint density at radius 3 is 2.29 bits per heavy atom. The molecule has 1 atom stereocenters. The average molecular weight is 629 g/mol. The molecular formula is C36H44N4O4S. The van der Waals surface area contributed by atoms with Gasteiger partial charge in [0.1, 0.15) is 17.5 Å². The van der Waals surface area contributed by atoms with Crippen LogP contribution >= 0.6 is 12.2 Å². The van der Waals surface area contributed by atoms with Crippen molar-refractivity contribution in [3.8, 4) is 11.5 Å². The molecule has 0 saturated carbocycles. The fourth-order valence-corrected chi connectivity index (χ4v) is 6.54. The molecule has 5 rings (SSSR count). The summed E-state index contributed by atoms with van der Waals surface area (Å²) in [6.07, 6.45) is 5.30. The summed E-state index contributed by atoms with van der Waals surface area (Å²) in [6, 6.07) is 24.6. The normalized spacial score (nSPS) is 17.5. The molecule has 2 aliphatic heterocycles. The fraction of sp³-hybridized carbons (Fsp3) is 0.417. The molecule has 2 fully saturated rings. The Bertz CT molecular complexity index is 1410. The van der Waals surface area contributed by atoms with Crippen LogP contribution in [0.5, 0.6) is 11.5 Å². The van der Waals surface area contributed by atoms with Gasteiger partial charge < -0.3 is 24.6 Å². The largest absolute Gasteiger partial charge is 0.497 e. The second kappa shape index (κ2) is 15.9. The minimum Gasteiger partial charge on any atom is -0.497 e. The summed E-state index contributed by atoms with van der Waals surface area (Å²) in [5.41, 5.74) is 2.74. The molecule has 238 valence electrons. The number of carbonyl (C=O) groups excluding carboxylic acids is 2. The molecule has 0 aromatic heterocycles. The van der Waals surface area contributed by atoms with E-state index in [4.69, 9.17) is 21.7 Å². The lowest BCUT2D eigenvalue weighted by molar-refractivity contribution is -0.124. The standard InChI is InChI=1S/C36H44N4O4S/c1-3-24-44-32-14-10-29(11-15-32)37-34(41)26-33-35(42)40(30-12-16-31(43-2)17-13-30)36(45)39(33)21-7-20-38-22-18-28(19-23-38)25-27-8-5-4-6-9-27/h4-6,8-17,28,33H,3,7,18-26H2,1-2H3,(H,37,41). The van der Waals surface area contributed by atoms with Crippen molar-refractivity contribution in [3.63, 3.8) is 0 Å². The Morgan fingerprint density at radius 2 is 1.62 bits per heavy atom. The van der Waals surface area contributed by atoms with E-state index in [-0.39, 0.29) is 18.2 Å². The average Bonchev–Trinajstić information content (AvgIpc) is 3.29. The molecule has 2 heterocycles. The summed E-state index contributed by atoms with van der Waals surface area (Å²) in [7, 11) is 1.61. The monoisotopic (exact) mass is 628 g/mol. The summed E-state index contributed by atoms with van der Waals surface area (Å²) in [5, 5.41) is 3.38. The number of piperidine rings is 1. The Kier molecular flexibility index (Phi) is 11.4. The van der Waals surface area contributed by atoms with Crippen molar-refractivity contribution in [2.75, 3.05) is 50.1 Å².